The van der Waals surface area contributed by atoms with Crippen LogP contribution in [0, 0.1) is 0 Å². The summed E-state index contributed by atoms with van der Waals surface area (Å²) in [6, 6.07) is 0. The largest absolute Gasteiger partial charge is 0.435 e. The highest BCUT2D eigenvalue weighted by Crippen LogP contribution is 2.69. The van der Waals surface area contributed by atoms with Crippen molar-refractivity contribution in [3.05, 3.63) is 0 Å². The van der Waals surface area contributed by atoms with Crippen LogP contribution in [0.2, 0.25) is 0 Å². The number of alkyl halides is 17. The molecule has 0 saturated carbocycles. The first-order valence-corrected chi connectivity index (χ1v) is 7.12. The highest BCUT2D eigenvalue weighted by molar-refractivity contribution is 7.87. The Bertz CT molecular complexity index is 656. The summed E-state index contributed by atoms with van der Waals surface area (Å²) < 4.78 is 247. The summed E-state index contributed by atoms with van der Waals surface area (Å²) in [6.07, 6.45) is -34.5. The van der Waals surface area contributed by atoms with Crippen molar-refractivity contribution >= 4 is 10.1 Å². The summed E-state index contributed by atoms with van der Waals surface area (Å²) in [6.45, 7) is 0. The SMILES string of the molecule is O=S(=O)(O)C(F)(F)C(F)(C(F)(C(F)(F)F)C(F)(F)F)C(F)(C(F)(F)F)C(F)(F)F. The molecule has 0 aromatic carbocycles. The molecule has 1 N–H and O–H groups in total. The molecule has 0 amide bonds. The van der Waals surface area contributed by atoms with Gasteiger partial charge in [-0.15, -0.1) is 0 Å². The molecule has 0 aliphatic heterocycles. The van der Waals surface area contributed by atoms with Crippen molar-refractivity contribution in [2.24, 2.45) is 0 Å². The van der Waals surface area contributed by atoms with Crippen LogP contribution in [-0.4, -0.2) is 59.9 Å². The van der Waals surface area contributed by atoms with E-state index < -0.39 is 57.1 Å². The molecule has 0 radical (unpaired) electrons. The molecule has 0 aliphatic rings. The number of rotatable bonds is 4. The third-order valence-electron chi connectivity index (χ3n) is 3.24. The Hall–Kier alpha value is -1.28. The lowest BCUT2D eigenvalue weighted by molar-refractivity contribution is -0.462. The number of halogens is 17. The predicted octanol–water partition coefficient (Wildman–Crippen LogP) is 4.84. The summed E-state index contributed by atoms with van der Waals surface area (Å²) in [5.74, 6) is 0. The molecule has 0 rings (SSSR count). The average Bonchev–Trinajstić information content (AvgIpc) is 2.37. The summed E-state index contributed by atoms with van der Waals surface area (Å²) in [7, 11) is -8.56. The van der Waals surface area contributed by atoms with Gasteiger partial charge in [-0.3, -0.25) is 4.55 Å². The fourth-order valence-corrected chi connectivity index (χ4v) is 2.56. The lowest BCUT2D eigenvalue weighted by Crippen LogP contribution is -2.85. The van der Waals surface area contributed by atoms with Crippen molar-refractivity contribution in [1.82, 2.24) is 0 Å². The summed E-state index contributed by atoms with van der Waals surface area (Å²) >= 11 is 0. The number of hydrogen-bond acceptors (Lipinski definition) is 2. The second-order valence-electron chi connectivity index (χ2n) is 4.96. The van der Waals surface area contributed by atoms with Gasteiger partial charge in [-0.1, -0.05) is 0 Å². The van der Waals surface area contributed by atoms with Crippen LogP contribution >= 0.6 is 0 Å². The van der Waals surface area contributed by atoms with E-state index in [4.69, 9.17) is 4.55 Å². The molecule has 0 atom stereocenters. The van der Waals surface area contributed by atoms with Crippen molar-refractivity contribution < 1.29 is 87.6 Å². The molecule has 0 heterocycles. The lowest BCUT2D eigenvalue weighted by Gasteiger charge is -2.49. The van der Waals surface area contributed by atoms with Gasteiger partial charge in [0.05, 0.1) is 0 Å². The maximum Gasteiger partial charge on any atom is 0.435 e. The van der Waals surface area contributed by atoms with Crippen molar-refractivity contribution in [2.45, 2.75) is 47.0 Å². The average molecular weight is 500 g/mol. The van der Waals surface area contributed by atoms with Crippen LogP contribution in [0.5, 0.6) is 0 Å². The molecule has 0 unspecified atom stereocenters. The zero-order chi connectivity index (χ0) is 24.5. The molecule has 21 heteroatoms. The molecule has 29 heavy (non-hydrogen) atoms. The first-order chi connectivity index (χ1) is 12.0. The number of hydrogen-bond donors (Lipinski definition) is 1. The molecule has 3 nitrogen and oxygen atoms in total. The van der Waals surface area contributed by atoms with Gasteiger partial charge in [-0.25, -0.2) is 13.2 Å². The van der Waals surface area contributed by atoms with Gasteiger partial charge in [-0.2, -0.15) is 69.9 Å². The topological polar surface area (TPSA) is 54.4 Å². The Morgan fingerprint density at radius 2 is 0.586 bits per heavy atom. The van der Waals surface area contributed by atoms with Crippen LogP contribution in [0.1, 0.15) is 0 Å². The molecular weight excluding hydrogens is 499 g/mol. The molecular formula is C8HF17O3S. The van der Waals surface area contributed by atoms with E-state index in [-0.39, 0.29) is 0 Å². The minimum Gasteiger partial charge on any atom is -0.281 e. The maximum atomic E-state index is 14.2. The second-order valence-corrected chi connectivity index (χ2v) is 6.42. The minimum atomic E-state index is -9.48. The Morgan fingerprint density at radius 3 is 0.690 bits per heavy atom. The zero-order valence-electron chi connectivity index (χ0n) is 12.1. The molecule has 0 fully saturated rings. The second kappa shape index (κ2) is 6.36. The molecule has 0 aromatic heterocycles. The molecule has 0 bridgehead atoms. The van der Waals surface area contributed by atoms with Gasteiger partial charge in [0.2, 0.25) is 0 Å². The van der Waals surface area contributed by atoms with E-state index in [1.54, 1.807) is 0 Å². The fourth-order valence-electron chi connectivity index (χ4n) is 1.92. The van der Waals surface area contributed by atoms with Crippen molar-refractivity contribution in [2.75, 3.05) is 0 Å². The molecule has 0 aliphatic carbocycles. The zero-order valence-corrected chi connectivity index (χ0v) is 12.9. The van der Waals surface area contributed by atoms with Gasteiger partial charge in [-0.05, 0) is 0 Å². The molecule has 176 valence electrons. The normalized spacial score (nSPS) is 16.9. The van der Waals surface area contributed by atoms with Gasteiger partial charge in [0.15, 0.2) is 0 Å². The monoisotopic (exact) mass is 500 g/mol. The summed E-state index contributed by atoms with van der Waals surface area (Å²) in [4.78, 5) is 0. The van der Waals surface area contributed by atoms with Gasteiger partial charge in [0.25, 0.3) is 5.67 Å². The Morgan fingerprint density at radius 1 is 0.414 bits per heavy atom. The van der Waals surface area contributed by atoms with Gasteiger partial charge >= 0.3 is 51.4 Å². The van der Waals surface area contributed by atoms with Crippen LogP contribution in [-0.2, 0) is 10.1 Å². The van der Waals surface area contributed by atoms with Crippen LogP contribution in [0.25, 0.3) is 0 Å². The third-order valence-corrected chi connectivity index (χ3v) is 4.17. The first-order valence-electron chi connectivity index (χ1n) is 5.68. The molecule has 0 saturated heterocycles. The van der Waals surface area contributed by atoms with Crippen molar-refractivity contribution in [1.29, 1.82) is 0 Å². The van der Waals surface area contributed by atoms with Gasteiger partial charge < -0.3 is 0 Å². The quantitative estimate of drug-likeness (QED) is 0.444. The summed E-state index contributed by atoms with van der Waals surface area (Å²) in [5.41, 5.74) is -27.9. The lowest BCUT2D eigenvalue weighted by atomic mass is 9.71. The highest BCUT2D eigenvalue weighted by Gasteiger charge is 3.03. The first kappa shape index (κ1) is 27.7. The van der Waals surface area contributed by atoms with Crippen LogP contribution in [0.4, 0.5) is 74.6 Å². The smallest absolute Gasteiger partial charge is 0.281 e. The van der Waals surface area contributed by atoms with E-state index in [2.05, 4.69) is 0 Å². The summed E-state index contributed by atoms with van der Waals surface area (Å²) in [5, 5.41) is -8.68. The Balaban J connectivity index is 8.26. The minimum absolute atomic E-state index is 7.85. The van der Waals surface area contributed by atoms with E-state index in [1.807, 2.05) is 0 Å². The van der Waals surface area contributed by atoms with E-state index in [9.17, 15) is 83.1 Å². The third kappa shape index (κ3) is 3.26. The highest BCUT2D eigenvalue weighted by atomic mass is 32.2. The van der Waals surface area contributed by atoms with Gasteiger partial charge in [0.1, 0.15) is 0 Å². The van der Waals surface area contributed by atoms with Crippen LogP contribution in [0.3, 0.4) is 0 Å². The van der Waals surface area contributed by atoms with Crippen LogP contribution < -0.4 is 0 Å². The predicted molar refractivity (Wildman–Crippen MR) is 52.2 cm³/mol. The maximum absolute atomic E-state index is 14.2. The van der Waals surface area contributed by atoms with E-state index in [0.717, 1.165) is 0 Å². The Kier molecular flexibility index (Phi) is 6.08. The van der Waals surface area contributed by atoms with E-state index in [0.29, 0.717) is 0 Å². The standard InChI is InChI=1S/C8HF17O3S/c9-1(8(24,25)29(26,27)28,2(10,4(12,13)14)5(15,16)17)3(11,6(18,19)20)7(21,22)23/h(H,26,27,28). The molecule has 0 spiro atoms. The van der Waals surface area contributed by atoms with E-state index >= 15 is 0 Å². The molecule has 0 aromatic rings. The van der Waals surface area contributed by atoms with Crippen molar-refractivity contribution in [3.63, 3.8) is 0 Å². The Labute approximate surface area is 146 Å². The van der Waals surface area contributed by atoms with Crippen LogP contribution in [0.15, 0.2) is 0 Å². The van der Waals surface area contributed by atoms with Gasteiger partial charge in [0, 0.05) is 0 Å². The van der Waals surface area contributed by atoms with Crippen molar-refractivity contribution in [3.8, 4) is 0 Å². The van der Waals surface area contributed by atoms with E-state index in [1.165, 1.54) is 0 Å². The fraction of sp³-hybridized carbons (Fsp3) is 1.00.